The minimum Gasteiger partial charge on any atom is -0.506 e. The Morgan fingerprint density at radius 1 is 1.08 bits per heavy atom. The average molecular weight is 477 g/mol. The van der Waals surface area contributed by atoms with E-state index in [2.05, 4.69) is 47.7 Å². The molecular weight excluding hydrogens is 462 g/mol. The van der Waals surface area contributed by atoms with Gasteiger partial charge in [0.2, 0.25) is 0 Å². The van der Waals surface area contributed by atoms with Crippen molar-refractivity contribution in [3.8, 4) is 5.75 Å². The van der Waals surface area contributed by atoms with Crippen molar-refractivity contribution in [3.63, 3.8) is 0 Å². The first-order chi connectivity index (χ1) is 12.5. The van der Waals surface area contributed by atoms with Gasteiger partial charge in [-0.3, -0.25) is 4.79 Å². The molecule has 0 atom stereocenters. The van der Waals surface area contributed by atoms with Crippen LogP contribution >= 0.6 is 31.9 Å². The molecule has 0 aliphatic carbocycles. The van der Waals surface area contributed by atoms with Crippen molar-refractivity contribution < 1.29 is 9.90 Å². The van der Waals surface area contributed by atoms with Crippen LogP contribution in [0.15, 0.2) is 68.6 Å². The summed E-state index contributed by atoms with van der Waals surface area (Å²) >= 11 is 6.50. The van der Waals surface area contributed by atoms with Crippen LogP contribution in [0.1, 0.15) is 5.56 Å². The van der Waals surface area contributed by atoms with E-state index >= 15 is 0 Å². The third kappa shape index (κ3) is 4.42. The molecular formula is C19H15Br2N3O2. The summed E-state index contributed by atoms with van der Waals surface area (Å²) in [7, 11) is 0. The molecule has 132 valence electrons. The molecule has 0 aliphatic rings. The summed E-state index contributed by atoms with van der Waals surface area (Å²) in [5.41, 5.74) is 4.10. The number of halogens is 2. The number of hydrazone groups is 1. The molecule has 0 bridgehead atoms. The Morgan fingerprint density at radius 3 is 2.54 bits per heavy atom. The number of carbonyl (C=O) groups excluding carboxylic acids is 1. The fourth-order valence-electron chi connectivity index (χ4n) is 2.43. The Hall–Kier alpha value is -2.38. The maximum absolute atomic E-state index is 12.0. The van der Waals surface area contributed by atoms with Crippen molar-refractivity contribution >= 4 is 60.4 Å². The Balaban J connectivity index is 1.59. The van der Waals surface area contributed by atoms with Crippen LogP contribution in [0.2, 0.25) is 0 Å². The number of benzene rings is 3. The van der Waals surface area contributed by atoms with Crippen molar-refractivity contribution in [2.45, 2.75) is 0 Å². The summed E-state index contributed by atoms with van der Waals surface area (Å²) in [4.78, 5) is 12.0. The molecule has 3 rings (SSSR count). The van der Waals surface area contributed by atoms with Crippen molar-refractivity contribution in [1.82, 2.24) is 5.43 Å². The maximum atomic E-state index is 12.0. The third-order valence-corrected chi connectivity index (χ3v) is 4.88. The van der Waals surface area contributed by atoms with Crippen molar-refractivity contribution in [1.29, 1.82) is 0 Å². The summed E-state index contributed by atoms with van der Waals surface area (Å²) in [5.74, 6) is -0.142. The van der Waals surface area contributed by atoms with Crippen LogP contribution in [0.25, 0.3) is 10.8 Å². The van der Waals surface area contributed by atoms with Crippen molar-refractivity contribution in [3.05, 3.63) is 69.1 Å². The van der Waals surface area contributed by atoms with Gasteiger partial charge in [0, 0.05) is 11.1 Å². The van der Waals surface area contributed by atoms with Gasteiger partial charge in [0.05, 0.1) is 21.7 Å². The van der Waals surface area contributed by atoms with Crippen LogP contribution < -0.4 is 10.7 Å². The fourth-order valence-corrected chi connectivity index (χ4v) is 3.65. The van der Waals surface area contributed by atoms with E-state index in [0.717, 1.165) is 22.0 Å². The van der Waals surface area contributed by atoms with Crippen LogP contribution in [0.4, 0.5) is 5.69 Å². The van der Waals surface area contributed by atoms with Crippen LogP contribution in [0.3, 0.4) is 0 Å². The lowest BCUT2D eigenvalue weighted by Crippen LogP contribution is -2.25. The molecule has 3 aromatic rings. The maximum Gasteiger partial charge on any atom is 0.259 e. The Labute approximate surface area is 167 Å². The Kier molecular flexibility index (Phi) is 5.90. The normalized spacial score (nSPS) is 11.0. The molecule has 0 fully saturated rings. The quantitative estimate of drug-likeness (QED) is 0.371. The Morgan fingerprint density at radius 2 is 1.77 bits per heavy atom. The molecule has 1 amide bonds. The van der Waals surface area contributed by atoms with E-state index < -0.39 is 0 Å². The zero-order valence-electron chi connectivity index (χ0n) is 13.5. The second-order valence-electron chi connectivity index (χ2n) is 5.51. The molecule has 0 aromatic heterocycles. The average Bonchev–Trinajstić information content (AvgIpc) is 2.64. The highest BCUT2D eigenvalue weighted by Gasteiger charge is 2.05. The molecule has 0 spiro atoms. The van der Waals surface area contributed by atoms with Gasteiger partial charge < -0.3 is 10.4 Å². The highest BCUT2D eigenvalue weighted by atomic mass is 79.9. The van der Waals surface area contributed by atoms with Crippen molar-refractivity contribution in [2.24, 2.45) is 5.10 Å². The van der Waals surface area contributed by atoms with Crippen molar-refractivity contribution in [2.75, 3.05) is 11.9 Å². The molecule has 0 saturated carbocycles. The second-order valence-corrected chi connectivity index (χ2v) is 7.22. The van der Waals surface area contributed by atoms with Crippen LogP contribution in [-0.2, 0) is 4.79 Å². The Bertz CT molecular complexity index is 961. The predicted octanol–water partition coefficient (Wildman–Crippen LogP) is 4.63. The molecule has 7 heteroatoms. The smallest absolute Gasteiger partial charge is 0.259 e. The largest absolute Gasteiger partial charge is 0.506 e. The standard InChI is InChI=1S/C19H15Br2N3O2/c20-15-8-12(9-16(21)19(15)26)10-23-24-18(25)11-22-17-7-3-5-13-4-1-2-6-14(13)17/h1-10,22,26H,11H2,(H,24,25)/b23-10-. The first kappa shape index (κ1) is 18.4. The van der Waals surface area contributed by atoms with Crippen LogP contribution in [0.5, 0.6) is 5.75 Å². The van der Waals surface area contributed by atoms with E-state index in [1.165, 1.54) is 6.21 Å². The summed E-state index contributed by atoms with van der Waals surface area (Å²) in [5, 5.41) is 18.9. The third-order valence-electron chi connectivity index (χ3n) is 3.67. The molecule has 0 saturated heterocycles. The second kappa shape index (κ2) is 8.33. The van der Waals surface area contributed by atoms with E-state index in [9.17, 15) is 9.90 Å². The number of amides is 1. The highest BCUT2D eigenvalue weighted by Crippen LogP contribution is 2.32. The summed E-state index contributed by atoms with van der Waals surface area (Å²) in [6, 6.07) is 17.3. The fraction of sp³-hybridized carbons (Fsp3) is 0.0526. The number of phenolic OH excluding ortho intramolecular Hbond substituents is 1. The number of aromatic hydroxyl groups is 1. The first-order valence-corrected chi connectivity index (χ1v) is 9.35. The van der Waals surface area contributed by atoms with E-state index in [1.54, 1.807) is 12.1 Å². The summed E-state index contributed by atoms with van der Waals surface area (Å²) in [6.07, 6.45) is 1.50. The van der Waals surface area contributed by atoms with Gasteiger partial charge in [0.15, 0.2) is 0 Å². The zero-order valence-corrected chi connectivity index (χ0v) is 16.7. The minimum absolute atomic E-state index is 0.105. The molecule has 3 N–H and O–H groups in total. The number of rotatable bonds is 5. The lowest BCUT2D eigenvalue weighted by atomic mass is 10.1. The number of hydrogen-bond acceptors (Lipinski definition) is 4. The zero-order chi connectivity index (χ0) is 18.5. The number of nitrogens with zero attached hydrogens (tertiary/aromatic N) is 1. The van der Waals surface area contributed by atoms with Gasteiger partial charge in [-0.15, -0.1) is 0 Å². The molecule has 5 nitrogen and oxygen atoms in total. The summed E-state index contributed by atoms with van der Waals surface area (Å²) < 4.78 is 1.08. The minimum atomic E-state index is -0.258. The number of phenols is 1. The number of hydrogen-bond donors (Lipinski definition) is 3. The topological polar surface area (TPSA) is 73.7 Å². The molecule has 26 heavy (non-hydrogen) atoms. The van der Waals surface area contributed by atoms with Gasteiger partial charge in [-0.1, -0.05) is 36.4 Å². The van der Waals surface area contributed by atoms with E-state index in [-0.39, 0.29) is 18.2 Å². The van der Waals surface area contributed by atoms with Gasteiger partial charge >= 0.3 is 0 Å². The lowest BCUT2D eigenvalue weighted by molar-refractivity contribution is -0.119. The molecule has 0 unspecified atom stereocenters. The lowest BCUT2D eigenvalue weighted by Gasteiger charge is -2.08. The molecule has 3 aromatic carbocycles. The highest BCUT2D eigenvalue weighted by molar-refractivity contribution is 9.11. The van der Waals surface area contributed by atoms with Gasteiger partial charge in [0.1, 0.15) is 5.75 Å². The molecule has 0 heterocycles. The molecule has 0 radical (unpaired) electrons. The van der Waals surface area contributed by atoms with Crippen LogP contribution in [-0.4, -0.2) is 23.8 Å². The van der Waals surface area contributed by atoms with Gasteiger partial charge in [0.25, 0.3) is 5.91 Å². The van der Waals surface area contributed by atoms with E-state index in [1.807, 2.05) is 42.5 Å². The summed E-state index contributed by atoms with van der Waals surface area (Å²) in [6.45, 7) is 0.105. The van der Waals surface area contributed by atoms with Gasteiger partial charge in [-0.05, 0) is 61.0 Å². The van der Waals surface area contributed by atoms with Crippen LogP contribution in [0, 0.1) is 0 Å². The number of anilines is 1. The number of nitrogens with one attached hydrogen (secondary N) is 2. The van der Waals surface area contributed by atoms with E-state index in [4.69, 9.17) is 0 Å². The van der Waals surface area contributed by atoms with Gasteiger partial charge in [-0.25, -0.2) is 5.43 Å². The van der Waals surface area contributed by atoms with E-state index in [0.29, 0.717) is 8.95 Å². The molecule has 0 aliphatic heterocycles. The number of fused-ring (bicyclic) bond motifs is 1. The predicted molar refractivity (Wildman–Crippen MR) is 112 cm³/mol. The number of carbonyl (C=O) groups is 1. The monoisotopic (exact) mass is 475 g/mol. The SMILES string of the molecule is O=C(CNc1cccc2ccccc12)N/N=C\c1cc(Br)c(O)c(Br)c1. The van der Waals surface area contributed by atoms with Gasteiger partial charge in [-0.2, -0.15) is 5.10 Å². The first-order valence-electron chi connectivity index (χ1n) is 7.76.